The number of halogens is 2. The van der Waals surface area contributed by atoms with Gasteiger partial charge in [0.15, 0.2) is 0 Å². The number of nitrogens with zero attached hydrogens (tertiary/aromatic N) is 3. The van der Waals surface area contributed by atoms with Crippen molar-refractivity contribution in [3.8, 4) is 0 Å². The zero-order chi connectivity index (χ0) is 23.0. The molecule has 0 aliphatic heterocycles. The van der Waals surface area contributed by atoms with Crippen molar-refractivity contribution in [1.29, 1.82) is 0 Å². The van der Waals surface area contributed by atoms with Crippen LogP contribution in [0.4, 0.5) is 4.39 Å². The van der Waals surface area contributed by atoms with Crippen LogP contribution in [-0.4, -0.2) is 35.0 Å². The number of unbranched alkanes of at least 4 members (excludes halogenated alkanes) is 1. The van der Waals surface area contributed by atoms with Gasteiger partial charge < -0.3 is 10.2 Å². The van der Waals surface area contributed by atoms with Crippen LogP contribution >= 0.6 is 11.6 Å². The van der Waals surface area contributed by atoms with Crippen LogP contribution in [0.1, 0.15) is 49.2 Å². The monoisotopic (exact) mass is 454 g/mol. The molecule has 0 aliphatic carbocycles. The summed E-state index contributed by atoms with van der Waals surface area (Å²) in [6.45, 7) is 7.49. The second-order valence-electron chi connectivity index (χ2n) is 8.68. The number of aromatic nitrogens is 2. The van der Waals surface area contributed by atoms with Crippen molar-refractivity contribution in [2.24, 2.45) is 0 Å². The first-order valence-corrected chi connectivity index (χ1v) is 11.4. The molecule has 32 heavy (non-hydrogen) atoms. The Morgan fingerprint density at radius 1 is 0.969 bits per heavy atom. The van der Waals surface area contributed by atoms with E-state index < -0.39 is 0 Å². The van der Waals surface area contributed by atoms with E-state index in [0.29, 0.717) is 12.2 Å². The molecule has 2 aromatic heterocycles. The fourth-order valence-electron chi connectivity index (χ4n) is 3.88. The van der Waals surface area contributed by atoms with Gasteiger partial charge in [-0.1, -0.05) is 43.6 Å². The fourth-order valence-corrected chi connectivity index (χ4v) is 4.00. The van der Waals surface area contributed by atoms with E-state index in [1.165, 1.54) is 17.2 Å². The largest absolute Gasteiger partial charge is 0.311 e. The Morgan fingerprint density at radius 3 is 2.38 bits per heavy atom. The van der Waals surface area contributed by atoms with Crippen molar-refractivity contribution in [1.82, 2.24) is 20.2 Å². The van der Waals surface area contributed by atoms with Gasteiger partial charge in [0.1, 0.15) is 5.82 Å². The standard InChI is InChI=1S/C26H32ClFN4/c1-26(2,20-10-12-21(27)13-11-20)22-8-6-15-30-24(22)18-29-14-4-5-17-32(3)19-25-23(28)9-7-16-31-25/h6-13,15-16,29H,4-5,14,17-19H2,1-3H3. The average molecular weight is 455 g/mol. The molecule has 0 unspecified atom stereocenters. The average Bonchev–Trinajstić information content (AvgIpc) is 2.78. The molecule has 1 N–H and O–H groups in total. The Kier molecular flexibility index (Phi) is 8.74. The van der Waals surface area contributed by atoms with Gasteiger partial charge in [0.2, 0.25) is 0 Å². The molecule has 3 rings (SSSR count). The molecule has 0 radical (unpaired) electrons. The molecule has 4 nitrogen and oxygen atoms in total. The van der Waals surface area contributed by atoms with Gasteiger partial charge in [0.25, 0.3) is 0 Å². The summed E-state index contributed by atoms with van der Waals surface area (Å²) < 4.78 is 13.7. The third kappa shape index (κ3) is 6.58. The molecule has 170 valence electrons. The Hall–Kier alpha value is -2.34. The first-order valence-electron chi connectivity index (χ1n) is 11.1. The lowest BCUT2D eigenvalue weighted by atomic mass is 9.77. The summed E-state index contributed by atoms with van der Waals surface area (Å²) in [6.07, 6.45) is 5.56. The van der Waals surface area contributed by atoms with Crippen molar-refractivity contribution < 1.29 is 4.39 Å². The van der Waals surface area contributed by atoms with E-state index >= 15 is 0 Å². The lowest BCUT2D eigenvalue weighted by Crippen LogP contribution is -2.25. The van der Waals surface area contributed by atoms with Crippen molar-refractivity contribution in [2.45, 2.75) is 45.2 Å². The zero-order valence-electron chi connectivity index (χ0n) is 19.1. The molecule has 0 bridgehead atoms. The maximum atomic E-state index is 13.7. The van der Waals surface area contributed by atoms with Crippen LogP contribution in [-0.2, 0) is 18.5 Å². The van der Waals surface area contributed by atoms with E-state index in [9.17, 15) is 4.39 Å². The third-order valence-electron chi connectivity index (χ3n) is 5.82. The topological polar surface area (TPSA) is 41.0 Å². The normalized spacial score (nSPS) is 11.8. The number of nitrogens with one attached hydrogen (secondary N) is 1. The maximum absolute atomic E-state index is 13.7. The quantitative estimate of drug-likeness (QED) is 0.383. The molecule has 0 fully saturated rings. The van der Waals surface area contributed by atoms with Crippen LogP contribution in [0.15, 0.2) is 60.9 Å². The highest BCUT2D eigenvalue weighted by Crippen LogP contribution is 2.33. The molecule has 3 aromatic rings. The minimum atomic E-state index is -0.242. The van der Waals surface area contributed by atoms with Gasteiger partial charge in [0, 0.05) is 35.9 Å². The van der Waals surface area contributed by atoms with Gasteiger partial charge in [0.05, 0.1) is 11.4 Å². The summed E-state index contributed by atoms with van der Waals surface area (Å²) >= 11 is 6.07. The highest BCUT2D eigenvalue weighted by atomic mass is 35.5. The lowest BCUT2D eigenvalue weighted by Gasteiger charge is -2.28. The minimum Gasteiger partial charge on any atom is -0.311 e. The smallest absolute Gasteiger partial charge is 0.146 e. The predicted molar refractivity (Wildman–Crippen MR) is 129 cm³/mol. The molecule has 0 spiro atoms. The van der Waals surface area contributed by atoms with Gasteiger partial charge >= 0.3 is 0 Å². The summed E-state index contributed by atoms with van der Waals surface area (Å²) in [6, 6.07) is 15.3. The van der Waals surface area contributed by atoms with Gasteiger partial charge in [-0.3, -0.25) is 9.97 Å². The Morgan fingerprint density at radius 2 is 1.66 bits per heavy atom. The van der Waals surface area contributed by atoms with Crippen LogP contribution in [0, 0.1) is 5.82 Å². The zero-order valence-corrected chi connectivity index (χ0v) is 19.9. The Bertz CT molecular complexity index is 991. The van der Waals surface area contributed by atoms with Gasteiger partial charge in [-0.15, -0.1) is 0 Å². The van der Waals surface area contributed by atoms with E-state index in [2.05, 4.69) is 52.2 Å². The van der Waals surface area contributed by atoms with E-state index in [-0.39, 0.29) is 11.2 Å². The minimum absolute atomic E-state index is 0.167. The molecular formula is C26H32ClFN4. The third-order valence-corrected chi connectivity index (χ3v) is 6.07. The molecule has 2 heterocycles. The summed E-state index contributed by atoms with van der Waals surface area (Å²) in [7, 11) is 2.00. The molecule has 0 saturated carbocycles. The molecule has 0 aliphatic rings. The van der Waals surface area contributed by atoms with Gasteiger partial charge in [-0.25, -0.2) is 4.39 Å². The Balaban J connectivity index is 1.46. The summed E-state index contributed by atoms with van der Waals surface area (Å²) in [4.78, 5) is 10.9. The van der Waals surface area contributed by atoms with Crippen LogP contribution in [0.3, 0.4) is 0 Å². The van der Waals surface area contributed by atoms with E-state index in [1.54, 1.807) is 12.3 Å². The number of pyridine rings is 2. The lowest BCUT2D eigenvalue weighted by molar-refractivity contribution is 0.308. The molecule has 0 amide bonds. The number of hydrogen-bond acceptors (Lipinski definition) is 4. The van der Waals surface area contributed by atoms with E-state index in [4.69, 9.17) is 11.6 Å². The second kappa shape index (κ2) is 11.5. The van der Waals surface area contributed by atoms with Crippen molar-refractivity contribution >= 4 is 11.6 Å². The van der Waals surface area contributed by atoms with Crippen molar-refractivity contribution in [2.75, 3.05) is 20.1 Å². The molecule has 0 saturated heterocycles. The first kappa shape index (κ1) is 24.3. The Labute approximate surface area is 195 Å². The van der Waals surface area contributed by atoms with Crippen molar-refractivity contribution in [3.05, 3.63) is 94.3 Å². The molecule has 1 aromatic carbocycles. The SMILES string of the molecule is CN(CCCCNCc1ncccc1C(C)(C)c1ccc(Cl)cc1)Cc1ncccc1F. The number of hydrogen-bond donors (Lipinski definition) is 1. The van der Waals surface area contributed by atoms with Crippen LogP contribution in [0.5, 0.6) is 0 Å². The second-order valence-corrected chi connectivity index (χ2v) is 9.12. The van der Waals surface area contributed by atoms with Crippen LogP contribution in [0.25, 0.3) is 0 Å². The van der Waals surface area contributed by atoms with E-state index in [0.717, 1.165) is 43.2 Å². The predicted octanol–water partition coefficient (Wildman–Crippen LogP) is 5.60. The highest BCUT2D eigenvalue weighted by molar-refractivity contribution is 6.30. The maximum Gasteiger partial charge on any atom is 0.146 e. The van der Waals surface area contributed by atoms with E-state index in [1.807, 2.05) is 31.4 Å². The van der Waals surface area contributed by atoms with Gasteiger partial charge in [-0.2, -0.15) is 0 Å². The van der Waals surface area contributed by atoms with Crippen LogP contribution < -0.4 is 5.32 Å². The number of rotatable bonds is 11. The summed E-state index contributed by atoms with van der Waals surface area (Å²) in [5.41, 5.74) is 3.82. The molecule has 6 heteroatoms. The fraction of sp³-hybridized carbons (Fsp3) is 0.385. The first-order chi connectivity index (χ1) is 15.4. The van der Waals surface area contributed by atoms with Gasteiger partial charge in [-0.05, 0) is 74.4 Å². The summed E-state index contributed by atoms with van der Waals surface area (Å²) in [5, 5.41) is 4.28. The molecular weight excluding hydrogens is 423 g/mol. The van der Waals surface area contributed by atoms with Crippen LogP contribution in [0.2, 0.25) is 5.02 Å². The van der Waals surface area contributed by atoms with Crippen molar-refractivity contribution in [3.63, 3.8) is 0 Å². The summed E-state index contributed by atoms with van der Waals surface area (Å²) in [5.74, 6) is -0.242. The molecule has 0 atom stereocenters. The highest BCUT2D eigenvalue weighted by Gasteiger charge is 2.26. The number of benzene rings is 1.